The van der Waals surface area contributed by atoms with Gasteiger partial charge in [0.05, 0.1) is 5.25 Å². The predicted molar refractivity (Wildman–Crippen MR) is 81.5 cm³/mol. The zero-order chi connectivity index (χ0) is 13.7. The average Bonchev–Trinajstić information content (AvgIpc) is 2.42. The summed E-state index contributed by atoms with van der Waals surface area (Å²) >= 11 is 1.64. The maximum atomic E-state index is 12.2. The normalized spacial score (nSPS) is 18.0. The molecule has 2 rings (SSSR count). The van der Waals surface area contributed by atoms with E-state index in [1.54, 1.807) is 11.8 Å². The van der Waals surface area contributed by atoms with Crippen molar-refractivity contribution in [3.8, 4) is 0 Å². The Hall–Kier alpha value is -0.960. The summed E-state index contributed by atoms with van der Waals surface area (Å²) in [5, 5.41) is 3.17. The summed E-state index contributed by atoms with van der Waals surface area (Å²) in [6.45, 7) is 4.07. The minimum absolute atomic E-state index is 0.0235. The van der Waals surface area contributed by atoms with Crippen molar-refractivity contribution < 1.29 is 4.79 Å². The van der Waals surface area contributed by atoms with Gasteiger partial charge >= 0.3 is 0 Å². The molecule has 0 radical (unpaired) electrons. The smallest absolute Gasteiger partial charge is 0.233 e. The lowest BCUT2D eigenvalue weighted by molar-refractivity contribution is -0.121. The fraction of sp³-hybridized carbons (Fsp3) is 0.562. The summed E-state index contributed by atoms with van der Waals surface area (Å²) < 4.78 is 0. The van der Waals surface area contributed by atoms with Gasteiger partial charge in [-0.2, -0.15) is 0 Å². The van der Waals surface area contributed by atoms with E-state index in [1.807, 2.05) is 6.92 Å². The van der Waals surface area contributed by atoms with Crippen molar-refractivity contribution in [2.24, 2.45) is 0 Å². The minimum Gasteiger partial charge on any atom is -0.352 e. The Kier molecular flexibility index (Phi) is 5.32. The first kappa shape index (κ1) is 14.4. The Balaban J connectivity index is 1.83. The largest absolute Gasteiger partial charge is 0.352 e. The topological polar surface area (TPSA) is 29.1 Å². The second-order valence-corrected chi connectivity index (χ2v) is 6.83. The molecule has 1 amide bonds. The lowest BCUT2D eigenvalue weighted by Crippen LogP contribution is -2.40. The van der Waals surface area contributed by atoms with Crippen molar-refractivity contribution in [2.75, 3.05) is 0 Å². The van der Waals surface area contributed by atoms with Crippen LogP contribution in [0.2, 0.25) is 0 Å². The van der Waals surface area contributed by atoms with Crippen LogP contribution in [0.5, 0.6) is 0 Å². The number of hydrogen-bond acceptors (Lipinski definition) is 2. The van der Waals surface area contributed by atoms with Crippen molar-refractivity contribution in [1.82, 2.24) is 5.32 Å². The highest BCUT2D eigenvalue weighted by Gasteiger charge is 2.20. The van der Waals surface area contributed by atoms with Crippen LogP contribution in [0, 0.1) is 6.92 Å². The Morgan fingerprint density at radius 3 is 2.47 bits per heavy atom. The molecule has 0 saturated heterocycles. The van der Waals surface area contributed by atoms with E-state index in [9.17, 15) is 4.79 Å². The number of rotatable bonds is 4. The third-order valence-electron chi connectivity index (χ3n) is 3.65. The van der Waals surface area contributed by atoms with Crippen LogP contribution in [-0.2, 0) is 4.79 Å². The van der Waals surface area contributed by atoms with Crippen molar-refractivity contribution in [3.05, 3.63) is 29.8 Å². The van der Waals surface area contributed by atoms with E-state index in [0.717, 1.165) is 17.7 Å². The standard InChI is InChI=1S/C16H23NOS/c1-12-8-10-15(11-9-12)19-13(2)16(18)17-14-6-4-3-5-7-14/h8-11,13-14H,3-7H2,1-2H3,(H,17,18)/t13-/m1/s1. The van der Waals surface area contributed by atoms with Gasteiger partial charge in [0.1, 0.15) is 0 Å². The molecule has 0 aromatic heterocycles. The summed E-state index contributed by atoms with van der Waals surface area (Å²) in [5.74, 6) is 0.178. The Morgan fingerprint density at radius 1 is 1.21 bits per heavy atom. The number of carbonyl (C=O) groups is 1. The molecule has 0 heterocycles. The second kappa shape index (κ2) is 6.99. The molecular weight excluding hydrogens is 254 g/mol. The quantitative estimate of drug-likeness (QED) is 0.845. The van der Waals surface area contributed by atoms with E-state index in [-0.39, 0.29) is 11.2 Å². The van der Waals surface area contributed by atoms with Gasteiger partial charge in [-0.15, -0.1) is 11.8 Å². The van der Waals surface area contributed by atoms with Gasteiger partial charge < -0.3 is 5.32 Å². The highest BCUT2D eigenvalue weighted by Crippen LogP contribution is 2.24. The second-order valence-electron chi connectivity index (χ2n) is 5.42. The van der Waals surface area contributed by atoms with Gasteiger partial charge in [-0.1, -0.05) is 37.0 Å². The molecule has 1 aromatic carbocycles. The van der Waals surface area contributed by atoms with E-state index in [2.05, 4.69) is 36.5 Å². The van der Waals surface area contributed by atoms with Crippen LogP contribution in [0.3, 0.4) is 0 Å². The van der Waals surface area contributed by atoms with Gasteiger partial charge in [0.25, 0.3) is 0 Å². The molecule has 1 saturated carbocycles. The zero-order valence-electron chi connectivity index (χ0n) is 11.8. The molecule has 2 nitrogen and oxygen atoms in total. The molecule has 19 heavy (non-hydrogen) atoms. The lowest BCUT2D eigenvalue weighted by atomic mass is 9.95. The maximum absolute atomic E-state index is 12.2. The number of nitrogens with one attached hydrogen (secondary N) is 1. The number of aryl methyl sites for hydroxylation is 1. The third kappa shape index (κ3) is 4.57. The van der Waals surface area contributed by atoms with Gasteiger partial charge in [-0.25, -0.2) is 0 Å². The summed E-state index contributed by atoms with van der Waals surface area (Å²) in [7, 11) is 0. The highest BCUT2D eigenvalue weighted by atomic mass is 32.2. The molecule has 0 bridgehead atoms. The molecule has 0 aliphatic heterocycles. The van der Waals surface area contributed by atoms with Gasteiger partial charge in [0.2, 0.25) is 5.91 Å². The van der Waals surface area contributed by atoms with E-state index >= 15 is 0 Å². The zero-order valence-corrected chi connectivity index (χ0v) is 12.6. The van der Waals surface area contributed by atoms with Crippen LogP contribution in [0.25, 0.3) is 0 Å². The average molecular weight is 277 g/mol. The van der Waals surface area contributed by atoms with Crippen LogP contribution in [0.1, 0.15) is 44.6 Å². The van der Waals surface area contributed by atoms with Crippen molar-refractivity contribution in [3.63, 3.8) is 0 Å². The molecule has 1 atom stereocenters. The minimum atomic E-state index is -0.0235. The molecule has 1 N–H and O–H groups in total. The molecule has 0 spiro atoms. The van der Waals surface area contributed by atoms with Crippen LogP contribution < -0.4 is 5.32 Å². The Labute approximate surface area is 120 Å². The van der Waals surface area contributed by atoms with E-state index < -0.39 is 0 Å². The van der Waals surface area contributed by atoms with E-state index in [0.29, 0.717) is 6.04 Å². The van der Waals surface area contributed by atoms with Gasteiger partial charge in [-0.3, -0.25) is 4.79 Å². The van der Waals surface area contributed by atoms with Crippen LogP contribution in [-0.4, -0.2) is 17.2 Å². The number of thioether (sulfide) groups is 1. The summed E-state index contributed by atoms with van der Waals surface area (Å²) in [5.41, 5.74) is 1.25. The third-order valence-corrected chi connectivity index (χ3v) is 4.77. The summed E-state index contributed by atoms with van der Waals surface area (Å²) in [6.07, 6.45) is 6.12. The van der Waals surface area contributed by atoms with Crippen molar-refractivity contribution in [1.29, 1.82) is 0 Å². The predicted octanol–water partition coefficient (Wildman–Crippen LogP) is 3.92. The molecule has 1 aromatic rings. The molecule has 1 aliphatic carbocycles. The first-order chi connectivity index (χ1) is 9.15. The lowest BCUT2D eigenvalue weighted by Gasteiger charge is -2.24. The van der Waals surface area contributed by atoms with Crippen LogP contribution in [0.4, 0.5) is 0 Å². The molecule has 0 unspecified atom stereocenters. The Morgan fingerprint density at radius 2 is 1.84 bits per heavy atom. The molecular formula is C16H23NOS. The Bertz CT molecular complexity index is 409. The SMILES string of the molecule is Cc1ccc(S[C@H](C)C(=O)NC2CCCCC2)cc1. The first-order valence-electron chi connectivity index (χ1n) is 7.19. The van der Waals surface area contributed by atoms with E-state index in [4.69, 9.17) is 0 Å². The summed E-state index contributed by atoms with van der Waals surface area (Å²) in [4.78, 5) is 13.3. The number of benzene rings is 1. The van der Waals surface area contributed by atoms with Crippen molar-refractivity contribution in [2.45, 2.75) is 62.1 Å². The van der Waals surface area contributed by atoms with Gasteiger partial charge in [-0.05, 0) is 38.8 Å². The number of amides is 1. The van der Waals surface area contributed by atoms with Gasteiger partial charge in [0, 0.05) is 10.9 Å². The maximum Gasteiger partial charge on any atom is 0.233 e. The van der Waals surface area contributed by atoms with Crippen molar-refractivity contribution >= 4 is 17.7 Å². The fourth-order valence-corrected chi connectivity index (χ4v) is 3.32. The molecule has 3 heteroatoms. The first-order valence-corrected chi connectivity index (χ1v) is 8.07. The van der Waals surface area contributed by atoms with E-state index in [1.165, 1.54) is 24.8 Å². The van der Waals surface area contributed by atoms with Crippen LogP contribution >= 0.6 is 11.8 Å². The highest BCUT2D eigenvalue weighted by molar-refractivity contribution is 8.00. The fourth-order valence-electron chi connectivity index (χ4n) is 2.44. The molecule has 104 valence electrons. The number of carbonyl (C=O) groups excluding carboxylic acids is 1. The molecule has 1 aliphatic rings. The number of hydrogen-bond donors (Lipinski definition) is 1. The van der Waals surface area contributed by atoms with Crippen LogP contribution in [0.15, 0.2) is 29.2 Å². The molecule has 1 fully saturated rings. The van der Waals surface area contributed by atoms with Gasteiger partial charge in [0.15, 0.2) is 0 Å². The monoisotopic (exact) mass is 277 g/mol. The summed E-state index contributed by atoms with van der Waals surface area (Å²) in [6, 6.07) is 8.76.